The Bertz CT molecular complexity index is 585. The van der Waals surface area contributed by atoms with E-state index >= 15 is 0 Å². The van der Waals surface area contributed by atoms with Gasteiger partial charge in [0, 0.05) is 22.1 Å². The topological polar surface area (TPSA) is 49.4 Å². The van der Waals surface area contributed by atoms with Crippen LogP contribution in [0.15, 0.2) is 18.2 Å². The molecule has 3 fully saturated rings. The predicted octanol–water partition coefficient (Wildman–Crippen LogP) is 2.23. The molecule has 4 rings (SSSR count). The van der Waals surface area contributed by atoms with Crippen LogP contribution in [0.3, 0.4) is 0 Å². The lowest BCUT2D eigenvalue weighted by atomic mass is 9.81. The number of rotatable bonds is 1. The maximum Gasteiger partial charge on any atom is 0.239 e. The van der Waals surface area contributed by atoms with Gasteiger partial charge in [-0.05, 0) is 31.0 Å². The lowest BCUT2D eigenvalue weighted by Gasteiger charge is -2.18. The zero-order valence-electron chi connectivity index (χ0n) is 10.5. The van der Waals surface area contributed by atoms with Crippen LogP contribution < -0.4 is 10.2 Å². The van der Waals surface area contributed by atoms with Crippen LogP contribution in [0.4, 0.5) is 5.69 Å². The molecule has 0 saturated carbocycles. The molecule has 4 nitrogen and oxygen atoms in total. The van der Waals surface area contributed by atoms with E-state index in [2.05, 4.69) is 5.32 Å². The molecule has 6 heteroatoms. The van der Waals surface area contributed by atoms with Crippen molar-refractivity contribution in [3.05, 3.63) is 28.2 Å². The third-order valence-electron chi connectivity index (χ3n) is 4.59. The van der Waals surface area contributed by atoms with E-state index < -0.39 is 0 Å². The highest BCUT2D eigenvalue weighted by molar-refractivity contribution is 6.35. The molecule has 2 bridgehead atoms. The summed E-state index contributed by atoms with van der Waals surface area (Å²) in [5, 5.41) is 4.21. The number of carbonyl (C=O) groups excluding carboxylic acids is 2. The summed E-state index contributed by atoms with van der Waals surface area (Å²) >= 11 is 11.9. The first-order chi connectivity index (χ1) is 9.56. The third kappa shape index (κ3) is 1.59. The number of fused-ring (bicyclic) bond motifs is 5. The van der Waals surface area contributed by atoms with Crippen molar-refractivity contribution in [3.8, 4) is 0 Å². The van der Waals surface area contributed by atoms with Crippen LogP contribution >= 0.6 is 23.2 Å². The molecule has 3 aliphatic heterocycles. The van der Waals surface area contributed by atoms with E-state index in [-0.39, 0.29) is 35.7 Å². The zero-order valence-corrected chi connectivity index (χ0v) is 12.0. The van der Waals surface area contributed by atoms with E-state index in [0.29, 0.717) is 15.7 Å². The van der Waals surface area contributed by atoms with Crippen molar-refractivity contribution in [2.45, 2.75) is 24.9 Å². The van der Waals surface area contributed by atoms with E-state index in [9.17, 15) is 9.59 Å². The average Bonchev–Trinajstić information content (AvgIpc) is 3.02. The van der Waals surface area contributed by atoms with Crippen molar-refractivity contribution in [1.82, 2.24) is 5.32 Å². The van der Waals surface area contributed by atoms with Gasteiger partial charge >= 0.3 is 0 Å². The molecule has 1 aromatic carbocycles. The fourth-order valence-electron chi connectivity index (χ4n) is 3.85. The Hall–Kier alpha value is -1.10. The number of halogens is 2. The van der Waals surface area contributed by atoms with Gasteiger partial charge in [0.25, 0.3) is 0 Å². The van der Waals surface area contributed by atoms with Crippen molar-refractivity contribution in [3.63, 3.8) is 0 Å². The molecule has 3 saturated heterocycles. The Morgan fingerprint density at radius 1 is 0.950 bits per heavy atom. The fourth-order valence-corrected chi connectivity index (χ4v) is 4.36. The van der Waals surface area contributed by atoms with Crippen LogP contribution in [0.2, 0.25) is 10.0 Å². The first-order valence-electron chi connectivity index (χ1n) is 6.66. The van der Waals surface area contributed by atoms with E-state index in [1.807, 2.05) is 0 Å². The van der Waals surface area contributed by atoms with E-state index in [1.165, 1.54) is 4.90 Å². The van der Waals surface area contributed by atoms with E-state index in [0.717, 1.165) is 12.8 Å². The highest BCUT2D eigenvalue weighted by Gasteiger charge is 2.61. The number of imide groups is 1. The fraction of sp³-hybridized carbons (Fsp3) is 0.429. The third-order valence-corrected chi connectivity index (χ3v) is 5.02. The Morgan fingerprint density at radius 2 is 1.45 bits per heavy atom. The van der Waals surface area contributed by atoms with Crippen molar-refractivity contribution in [1.29, 1.82) is 0 Å². The molecular weight excluding hydrogens is 299 g/mol. The second kappa shape index (κ2) is 4.20. The van der Waals surface area contributed by atoms with Crippen molar-refractivity contribution >= 4 is 40.7 Å². The largest absolute Gasteiger partial charge is 0.310 e. The Labute approximate surface area is 126 Å². The smallest absolute Gasteiger partial charge is 0.239 e. The zero-order chi connectivity index (χ0) is 14.0. The lowest BCUT2D eigenvalue weighted by Crippen LogP contribution is -2.37. The maximum atomic E-state index is 12.6. The van der Waals surface area contributed by atoms with Gasteiger partial charge in [-0.25, -0.2) is 4.90 Å². The van der Waals surface area contributed by atoms with Crippen LogP contribution in [0.5, 0.6) is 0 Å². The van der Waals surface area contributed by atoms with Gasteiger partial charge in [0.2, 0.25) is 11.8 Å². The first-order valence-corrected chi connectivity index (χ1v) is 7.42. The summed E-state index contributed by atoms with van der Waals surface area (Å²) in [6.07, 6.45) is 1.93. The van der Waals surface area contributed by atoms with Crippen LogP contribution in [-0.4, -0.2) is 23.9 Å². The van der Waals surface area contributed by atoms with Crippen LogP contribution in [0.25, 0.3) is 0 Å². The highest BCUT2D eigenvalue weighted by atomic mass is 35.5. The number of hydrogen-bond donors (Lipinski definition) is 1. The van der Waals surface area contributed by atoms with Crippen molar-refractivity contribution in [2.75, 3.05) is 4.90 Å². The Balaban J connectivity index is 1.76. The molecule has 0 spiro atoms. The minimum absolute atomic E-state index is 0.127. The molecule has 104 valence electrons. The normalized spacial score (nSPS) is 35.0. The molecule has 3 heterocycles. The Morgan fingerprint density at radius 3 is 1.95 bits per heavy atom. The number of benzene rings is 1. The van der Waals surface area contributed by atoms with E-state index in [4.69, 9.17) is 23.2 Å². The maximum absolute atomic E-state index is 12.6. The molecule has 0 radical (unpaired) electrons. The van der Waals surface area contributed by atoms with Crippen LogP contribution in [0.1, 0.15) is 12.8 Å². The number of hydrogen-bond acceptors (Lipinski definition) is 3. The van der Waals surface area contributed by atoms with Crippen LogP contribution in [0, 0.1) is 11.8 Å². The molecule has 20 heavy (non-hydrogen) atoms. The molecule has 2 amide bonds. The van der Waals surface area contributed by atoms with Crippen molar-refractivity contribution < 1.29 is 9.59 Å². The van der Waals surface area contributed by atoms with Gasteiger partial charge in [0.15, 0.2) is 0 Å². The quantitative estimate of drug-likeness (QED) is 0.809. The standard InChI is InChI=1S/C14H12Cl2N2O2/c15-6-3-7(16)5-8(4-6)18-13(19)11-9-1-2-10(17-9)12(11)14(18)20/h3-5,9-12,17H,1-2H2/t9?,10?,11-,12+. The number of carbonyl (C=O) groups is 2. The summed E-state index contributed by atoms with van der Waals surface area (Å²) in [7, 11) is 0. The number of nitrogens with one attached hydrogen (secondary N) is 1. The summed E-state index contributed by atoms with van der Waals surface area (Å²) < 4.78 is 0. The summed E-state index contributed by atoms with van der Waals surface area (Å²) in [5.41, 5.74) is 0.478. The average molecular weight is 311 g/mol. The van der Waals surface area contributed by atoms with Gasteiger partial charge in [-0.2, -0.15) is 0 Å². The highest BCUT2D eigenvalue weighted by Crippen LogP contribution is 2.46. The van der Waals surface area contributed by atoms with Gasteiger partial charge in [0.1, 0.15) is 0 Å². The predicted molar refractivity (Wildman–Crippen MR) is 75.9 cm³/mol. The molecule has 4 atom stereocenters. The molecule has 1 aromatic rings. The monoisotopic (exact) mass is 310 g/mol. The number of amides is 2. The number of nitrogens with zero attached hydrogens (tertiary/aromatic N) is 1. The molecule has 1 N–H and O–H groups in total. The minimum atomic E-state index is -0.223. The summed E-state index contributed by atoms with van der Waals surface area (Å²) in [5.74, 6) is -0.700. The summed E-state index contributed by atoms with van der Waals surface area (Å²) in [6.45, 7) is 0. The first kappa shape index (κ1) is 12.6. The lowest BCUT2D eigenvalue weighted by molar-refractivity contribution is -0.122. The SMILES string of the molecule is O=C1[C@@H]2C3CCC(N3)[C@@H]2C(=O)N1c1cc(Cl)cc(Cl)c1. The van der Waals surface area contributed by atoms with Gasteiger partial charge in [-0.15, -0.1) is 0 Å². The molecular formula is C14H12Cl2N2O2. The summed E-state index contributed by atoms with van der Waals surface area (Å²) in [4.78, 5) is 26.4. The van der Waals surface area contributed by atoms with E-state index in [1.54, 1.807) is 18.2 Å². The second-order valence-electron chi connectivity index (χ2n) is 5.65. The van der Waals surface area contributed by atoms with Crippen molar-refractivity contribution in [2.24, 2.45) is 11.8 Å². The Kier molecular flexibility index (Phi) is 2.65. The second-order valence-corrected chi connectivity index (χ2v) is 6.52. The van der Waals surface area contributed by atoms with Gasteiger partial charge in [-0.3, -0.25) is 9.59 Å². The molecule has 0 aliphatic carbocycles. The van der Waals surface area contributed by atoms with Gasteiger partial charge in [-0.1, -0.05) is 23.2 Å². The number of anilines is 1. The summed E-state index contributed by atoms with van der Waals surface area (Å²) in [6, 6.07) is 5.09. The minimum Gasteiger partial charge on any atom is -0.310 e. The molecule has 3 aliphatic rings. The van der Waals surface area contributed by atoms with Crippen LogP contribution in [-0.2, 0) is 9.59 Å². The van der Waals surface area contributed by atoms with Gasteiger partial charge in [0.05, 0.1) is 17.5 Å². The molecule has 0 aromatic heterocycles. The van der Waals surface area contributed by atoms with Gasteiger partial charge < -0.3 is 5.32 Å². The molecule has 2 unspecified atom stereocenters.